The molecule has 0 unspecified atom stereocenters. The van der Waals surface area contributed by atoms with Gasteiger partial charge in [0.15, 0.2) is 11.0 Å². The average Bonchev–Trinajstić information content (AvgIpc) is 3.46. The molecule has 8 heteroatoms. The van der Waals surface area contributed by atoms with Gasteiger partial charge in [0, 0.05) is 23.5 Å². The summed E-state index contributed by atoms with van der Waals surface area (Å²) in [5.41, 5.74) is 4.18. The van der Waals surface area contributed by atoms with Crippen molar-refractivity contribution in [1.29, 1.82) is 0 Å². The quantitative estimate of drug-likeness (QED) is 0.328. The Morgan fingerprint density at radius 3 is 2.62 bits per heavy atom. The molecule has 0 aliphatic carbocycles. The van der Waals surface area contributed by atoms with Crippen molar-refractivity contribution in [2.24, 2.45) is 0 Å². The van der Waals surface area contributed by atoms with Gasteiger partial charge in [-0.05, 0) is 30.7 Å². The number of hydrogen-bond acceptors (Lipinski definition) is 7. The van der Waals surface area contributed by atoms with Crippen molar-refractivity contribution in [1.82, 2.24) is 29.9 Å². The number of pyridine rings is 1. The number of aromatic nitrogens is 6. The Morgan fingerprint density at radius 2 is 1.81 bits per heavy atom. The maximum Gasteiger partial charge on any atom is 0.237 e. The zero-order chi connectivity index (χ0) is 21.8. The Labute approximate surface area is 189 Å². The largest absolute Gasteiger partial charge is 0.338 e. The van der Waals surface area contributed by atoms with Crippen LogP contribution in [-0.2, 0) is 12.3 Å². The standard InChI is InChI=1S/C24H20N6OS/c1-17-7-5-10-19(13-17)22-26-21(31-29-22)16-32-24-28-27-23(20-11-6-12-25-14-20)30(24)15-18-8-3-2-4-9-18/h2-14H,15-16H2,1H3. The first-order valence-corrected chi connectivity index (χ1v) is 11.1. The molecule has 5 rings (SSSR count). The summed E-state index contributed by atoms with van der Waals surface area (Å²) in [6.07, 6.45) is 3.55. The molecular weight excluding hydrogens is 420 g/mol. The van der Waals surface area contributed by atoms with E-state index in [1.54, 1.807) is 12.4 Å². The fourth-order valence-corrected chi connectivity index (χ4v) is 4.13. The molecule has 0 amide bonds. The maximum absolute atomic E-state index is 5.48. The SMILES string of the molecule is Cc1cccc(-c2noc(CSc3nnc(-c4cccnc4)n3Cc3ccccc3)n2)c1. The van der Waals surface area contributed by atoms with Crippen LogP contribution in [0.3, 0.4) is 0 Å². The Balaban J connectivity index is 1.39. The molecule has 32 heavy (non-hydrogen) atoms. The van der Waals surface area contributed by atoms with Crippen molar-refractivity contribution < 1.29 is 4.52 Å². The zero-order valence-electron chi connectivity index (χ0n) is 17.4. The van der Waals surface area contributed by atoms with Gasteiger partial charge >= 0.3 is 0 Å². The molecule has 0 aliphatic rings. The third kappa shape index (κ3) is 4.45. The smallest absolute Gasteiger partial charge is 0.237 e. The first kappa shape index (κ1) is 20.1. The Kier molecular flexibility index (Phi) is 5.76. The second-order valence-electron chi connectivity index (χ2n) is 7.29. The van der Waals surface area contributed by atoms with Gasteiger partial charge in [0.05, 0.1) is 12.3 Å². The summed E-state index contributed by atoms with van der Waals surface area (Å²) in [6.45, 7) is 2.69. The summed E-state index contributed by atoms with van der Waals surface area (Å²) < 4.78 is 7.57. The van der Waals surface area contributed by atoms with Crippen LogP contribution in [0.1, 0.15) is 17.0 Å². The lowest BCUT2D eigenvalue weighted by Crippen LogP contribution is -2.04. The molecule has 0 bridgehead atoms. The van der Waals surface area contributed by atoms with Crippen LogP contribution >= 0.6 is 11.8 Å². The van der Waals surface area contributed by atoms with Crippen LogP contribution in [-0.4, -0.2) is 29.9 Å². The first-order chi connectivity index (χ1) is 15.8. The van der Waals surface area contributed by atoms with Gasteiger partial charge in [0.25, 0.3) is 0 Å². The summed E-state index contributed by atoms with van der Waals surface area (Å²) in [5.74, 6) is 2.41. The second-order valence-corrected chi connectivity index (χ2v) is 8.23. The molecule has 7 nitrogen and oxygen atoms in total. The van der Waals surface area contributed by atoms with Gasteiger partial charge in [-0.2, -0.15) is 4.98 Å². The molecule has 5 aromatic rings. The predicted octanol–water partition coefficient (Wildman–Crippen LogP) is 5.04. The lowest BCUT2D eigenvalue weighted by Gasteiger charge is -2.10. The van der Waals surface area contributed by atoms with E-state index in [0.29, 0.717) is 24.0 Å². The topological polar surface area (TPSA) is 82.5 Å². The van der Waals surface area contributed by atoms with E-state index in [1.165, 1.54) is 17.3 Å². The van der Waals surface area contributed by atoms with E-state index >= 15 is 0 Å². The summed E-state index contributed by atoms with van der Waals surface area (Å²) in [6, 6.07) is 22.2. The summed E-state index contributed by atoms with van der Waals surface area (Å²) in [4.78, 5) is 8.78. The molecule has 0 spiro atoms. The molecule has 3 aromatic heterocycles. The zero-order valence-corrected chi connectivity index (χ0v) is 18.2. The van der Waals surface area contributed by atoms with Crippen molar-refractivity contribution in [2.75, 3.05) is 0 Å². The van der Waals surface area contributed by atoms with Gasteiger partial charge in [0.2, 0.25) is 11.7 Å². The number of hydrogen-bond donors (Lipinski definition) is 0. The van der Waals surface area contributed by atoms with E-state index in [9.17, 15) is 0 Å². The minimum Gasteiger partial charge on any atom is -0.338 e. The van der Waals surface area contributed by atoms with E-state index in [0.717, 1.165) is 27.7 Å². The van der Waals surface area contributed by atoms with Crippen molar-refractivity contribution >= 4 is 11.8 Å². The monoisotopic (exact) mass is 440 g/mol. The number of thioether (sulfide) groups is 1. The minimum atomic E-state index is 0.499. The fourth-order valence-electron chi connectivity index (χ4n) is 3.35. The van der Waals surface area contributed by atoms with Gasteiger partial charge in [0.1, 0.15) is 0 Å². The molecule has 0 fully saturated rings. The molecule has 3 heterocycles. The van der Waals surface area contributed by atoms with Gasteiger partial charge < -0.3 is 4.52 Å². The average molecular weight is 441 g/mol. The van der Waals surface area contributed by atoms with Crippen molar-refractivity contribution in [2.45, 2.75) is 24.4 Å². The van der Waals surface area contributed by atoms with Gasteiger partial charge in [-0.3, -0.25) is 9.55 Å². The number of benzene rings is 2. The minimum absolute atomic E-state index is 0.499. The van der Waals surface area contributed by atoms with E-state index in [2.05, 4.69) is 42.0 Å². The van der Waals surface area contributed by atoms with Crippen LogP contribution in [0.2, 0.25) is 0 Å². The Hall–Kier alpha value is -3.78. The van der Waals surface area contributed by atoms with E-state index in [4.69, 9.17) is 4.52 Å². The molecule has 0 radical (unpaired) electrons. The highest BCUT2D eigenvalue weighted by Crippen LogP contribution is 2.27. The molecular formula is C24H20N6OS. The van der Waals surface area contributed by atoms with Crippen LogP contribution in [0.15, 0.2) is 88.8 Å². The number of rotatable bonds is 7. The van der Waals surface area contributed by atoms with E-state index in [-0.39, 0.29) is 0 Å². The molecule has 158 valence electrons. The van der Waals surface area contributed by atoms with Crippen LogP contribution in [0.25, 0.3) is 22.8 Å². The summed E-state index contributed by atoms with van der Waals surface area (Å²) in [7, 11) is 0. The highest BCUT2D eigenvalue weighted by atomic mass is 32.2. The Morgan fingerprint density at radius 1 is 0.938 bits per heavy atom. The highest BCUT2D eigenvalue weighted by molar-refractivity contribution is 7.98. The fraction of sp³-hybridized carbons (Fsp3) is 0.125. The van der Waals surface area contributed by atoms with Crippen molar-refractivity contribution in [3.8, 4) is 22.8 Å². The number of aryl methyl sites for hydroxylation is 1. The van der Waals surface area contributed by atoms with Crippen LogP contribution in [0, 0.1) is 6.92 Å². The van der Waals surface area contributed by atoms with E-state index < -0.39 is 0 Å². The van der Waals surface area contributed by atoms with Crippen LogP contribution < -0.4 is 0 Å². The lowest BCUT2D eigenvalue weighted by molar-refractivity contribution is 0.391. The summed E-state index contributed by atoms with van der Waals surface area (Å²) in [5, 5.41) is 13.8. The molecule has 0 atom stereocenters. The normalized spacial score (nSPS) is 11.0. The Bertz CT molecular complexity index is 1320. The second kappa shape index (κ2) is 9.15. The molecule has 0 saturated heterocycles. The maximum atomic E-state index is 5.48. The number of nitrogens with zero attached hydrogens (tertiary/aromatic N) is 6. The van der Waals surface area contributed by atoms with Gasteiger partial charge in [-0.1, -0.05) is 71.0 Å². The van der Waals surface area contributed by atoms with Crippen LogP contribution in [0.4, 0.5) is 0 Å². The molecule has 0 saturated carbocycles. The third-order valence-electron chi connectivity index (χ3n) is 4.89. The van der Waals surface area contributed by atoms with Crippen molar-refractivity contribution in [3.05, 3.63) is 96.1 Å². The molecule has 0 aliphatic heterocycles. The van der Waals surface area contributed by atoms with Gasteiger partial charge in [-0.15, -0.1) is 10.2 Å². The first-order valence-electron chi connectivity index (χ1n) is 10.2. The predicted molar refractivity (Wildman–Crippen MR) is 123 cm³/mol. The van der Waals surface area contributed by atoms with Crippen molar-refractivity contribution in [3.63, 3.8) is 0 Å². The van der Waals surface area contributed by atoms with E-state index in [1.807, 2.05) is 61.5 Å². The molecule has 2 aromatic carbocycles. The van der Waals surface area contributed by atoms with Gasteiger partial charge in [-0.25, -0.2) is 0 Å². The third-order valence-corrected chi connectivity index (χ3v) is 5.84. The highest BCUT2D eigenvalue weighted by Gasteiger charge is 2.17. The van der Waals surface area contributed by atoms with Crippen LogP contribution in [0.5, 0.6) is 0 Å². The lowest BCUT2D eigenvalue weighted by atomic mass is 10.1. The molecule has 0 N–H and O–H groups in total. The summed E-state index contributed by atoms with van der Waals surface area (Å²) >= 11 is 1.52.